The molecule has 0 radical (unpaired) electrons. The van der Waals surface area contributed by atoms with Crippen LogP contribution in [-0.4, -0.2) is 51.4 Å². The first-order valence-electron chi connectivity index (χ1n) is 9.09. The highest BCUT2D eigenvalue weighted by molar-refractivity contribution is 5.63. The number of rotatable bonds is 6. The largest absolute Gasteiger partial charge is 0.378 e. The fraction of sp³-hybridized carbons (Fsp3) is 0.278. The molecular weight excluding hydrogens is 376 g/mol. The third kappa shape index (κ3) is 4.58. The van der Waals surface area contributed by atoms with Crippen molar-refractivity contribution in [3.8, 4) is 0 Å². The molecule has 2 aromatic heterocycles. The molecule has 1 fully saturated rings. The summed E-state index contributed by atoms with van der Waals surface area (Å²) in [6.45, 7) is 4.65. The van der Waals surface area contributed by atoms with E-state index in [1.54, 1.807) is 12.1 Å². The maximum atomic E-state index is 10.8. The molecule has 3 aromatic rings. The van der Waals surface area contributed by atoms with Crippen LogP contribution in [0, 0.1) is 17.0 Å². The summed E-state index contributed by atoms with van der Waals surface area (Å²) < 4.78 is 5.42. The number of aromatic amines is 1. The van der Waals surface area contributed by atoms with Gasteiger partial charge in [-0.2, -0.15) is 15.1 Å². The molecule has 3 N–H and O–H groups in total. The van der Waals surface area contributed by atoms with Gasteiger partial charge in [0.15, 0.2) is 5.82 Å². The summed E-state index contributed by atoms with van der Waals surface area (Å²) in [4.78, 5) is 21.6. The Bertz CT molecular complexity index is 999. The van der Waals surface area contributed by atoms with E-state index in [2.05, 4.69) is 35.7 Å². The van der Waals surface area contributed by atoms with Crippen molar-refractivity contribution >= 4 is 34.8 Å². The smallest absolute Gasteiger partial charge is 0.269 e. The molecule has 0 bridgehead atoms. The van der Waals surface area contributed by atoms with E-state index in [9.17, 15) is 10.1 Å². The van der Waals surface area contributed by atoms with Gasteiger partial charge in [-0.25, -0.2) is 0 Å². The normalized spacial score (nSPS) is 13.9. The van der Waals surface area contributed by atoms with Gasteiger partial charge in [0.05, 0.1) is 18.1 Å². The molecule has 4 rings (SSSR count). The molecule has 0 amide bonds. The van der Waals surface area contributed by atoms with Gasteiger partial charge in [0, 0.05) is 48.7 Å². The number of nitro benzene ring substituents is 1. The number of benzene rings is 1. The van der Waals surface area contributed by atoms with Crippen molar-refractivity contribution in [2.45, 2.75) is 6.92 Å². The first-order valence-corrected chi connectivity index (χ1v) is 9.09. The average Bonchev–Trinajstić information content (AvgIpc) is 3.13. The van der Waals surface area contributed by atoms with Gasteiger partial charge in [-0.15, -0.1) is 0 Å². The summed E-state index contributed by atoms with van der Waals surface area (Å²) in [7, 11) is 0. The summed E-state index contributed by atoms with van der Waals surface area (Å²) in [5, 5.41) is 24.2. The maximum Gasteiger partial charge on any atom is 0.269 e. The molecule has 0 saturated carbocycles. The molecule has 1 saturated heterocycles. The van der Waals surface area contributed by atoms with Gasteiger partial charge in [0.2, 0.25) is 5.95 Å². The molecule has 11 nitrogen and oxygen atoms in total. The number of non-ortho nitro benzene ring substituents is 1. The van der Waals surface area contributed by atoms with Crippen molar-refractivity contribution < 1.29 is 9.66 Å². The summed E-state index contributed by atoms with van der Waals surface area (Å²) in [6.07, 6.45) is 0. The quantitative estimate of drug-likeness (QED) is 0.424. The van der Waals surface area contributed by atoms with Crippen LogP contribution >= 0.6 is 0 Å². The van der Waals surface area contributed by atoms with Crippen LogP contribution in [0.15, 0.2) is 36.4 Å². The zero-order chi connectivity index (χ0) is 20.2. The second kappa shape index (κ2) is 8.10. The lowest BCUT2D eigenvalue weighted by molar-refractivity contribution is -0.384. The van der Waals surface area contributed by atoms with E-state index in [1.807, 2.05) is 19.1 Å². The molecule has 150 valence electrons. The number of anilines is 5. The lowest BCUT2D eigenvalue weighted by atomic mass is 10.3. The average molecular weight is 396 g/mol. The minimum absolute atomic E-state index is 0.0230. The predicted molar refractivity (Wildman–Crippen MR) is 108 cm³/mol. The summed E-state index contributed by atoms with van der Waals surface area (Å²) in [5.41, 5.74) is 1.60. The van der Waals surface area contributed by atoms with Crippen LogP contribution < -0.4 is 15.5 Å². The second-order valence-electron chi connectivity index (χ2n) is 6.52. The molecule has 0 spiro atoms. The van der Waals surface area contributed by atoms with Crippen LogP contribution in [0.4, 0.5) is 34.8 Å². The van der Waals surface area contributed by atoms with Gasteiger partial charge >= 0.3 is 0 Å². The second-order valence-corrected chi connectivity index (χ2v) is 6.52. The number of nitro groups is 1. The lowest BCUT2D eigenvalue weighted by Gasteiger charge is -2.28. The van der Waals surface area contributed by atoms with Crippen molar-refractivity contribution in [2.75, 3.05) is 41.8 Å². The van der Waals surface area contributed by atoms with Gasteiger partial charge in [0.25, 0.3) is 5.69 Å². The Morgan fingerprint density at radius 2 is 1.86 bits per heavy atom. The highest BCUT2D eigenvalue weighted by atomic mass is 16.6. The summed E-state index contributed by atoms with van der Waals surface area (Å²) in [6, 6.07) is 9.83. The molecule has 1 aliphatic heterocycles. The number of hydrogen-bond acceptors (Lipinski definition) is 9. The fourth-order valence-electron chi connectivity index (χ4n) is 2.92. The van der Waals surface area contributed by atoms with Crippen LogP contribution in [0.3, 0.4) is 0 Å². The summed E-state index contributed by atoms with van der Waals surface area (Å²) in [5.74, 6) is 2.35. The Hall–Kier alpha value is -3.73. The number of nitrogens with one attached hydrogen (secondary N) is 3. The van der Waals surface area contributed by atoms with E-state index in [4.69, 9.17) is 4.74 Å². The zero-order valence-electron chi connectivity index (χ0n) is 15.8. The predicted octanol–water partition coefficient (Wildman–Crippen LogP) is 2.74. The zero-order valence-corrected chi connectivity index (χ0v) is 15.8. The van der Waals surface area contributed by atoms with Crippen molar-refractivity contribution in [2.24, 2.45) is 0 Å². The summed E-state index contributed by atoms with van der Waals surface area (Å²) >= 11 is 0. The van der Waals surface area contributed by atoms with Gasteiger partial charge in [-0.3, -0.25) is 15.2 Å². The minimum Gasteiger partial charge on any atom is -0.378 e. The number of ether oxygens (including phenoxy) is 1. The van der Waals surface area contributed by atoms with E-state index >= 15 is 0 Å². The lowest BCUT2D eigenvalue weighted by Crippen LogP contribution is -2.36. The third-order valence-electron chi connectivity index (χ3n) is 4.34. The van der Waals surface area contributed by atoms with E-state index in [0.717, 1.165) is 24.6 Å². The van der Waals surface area contributed by atoms with E-state index in [1.165, 1.54) is 12.1 Å². The van der Waals surface area contributed by atoms with Crippen LogP contribution in [0.5, 0.6) is 0 Å². The van der Waals surface area contributed by atoms with Crippen molar-refractivity contribution in [3.05, 3.63) is 52.2 Å². The molecule has 3 heterocycles. The van der Waals surface area contributed by atoms with Crippen LogP contribution in [0.2, 0.25) is 0 Å². The molecule has 0 aliphatic carbocycles. The number of morpholine rings is 1. The Morgan fingerprint density at radius 1 is 1.10 bits per heavy atom. The number of nitrogens with zero attached hydrogens (tertiary/aromatic N) is 5. The minimum atomic E-state index is -0.437. The molecular formula is C18H20N8O3. The van der Waals surface area contributed by atoms with E-state index < -0.39 is 4.92 Å². The van der Waals surface area contributed by atoms with Gasteiger partial charge in [-0.05, 0) is 19.1 Å². The molecule has 11 heteroatoms. The SMILES string of the molecule is Cc1cc(Nc2cc(N3CCOCC3)nc(Nc3ccc([N+](=O)[O-])cc3)n2)n[nH]1. The van der Waals surface area contributed by atoms with Gasteiger partial charge in [-0.1, -0.05) is 0 Å². The Labute approximate surface area is 166 Å². The standard InChI is InChI=1S/C18H20N8O3/c1-12-10-16(24-23-12)20-15-11-17(25-6-8-29-9-7-25)22-18(21-15)19-13-2-4-14(5-3-13)26(27)28/h2-5,10-11H,6-9H2,1H3,(H3,19,20,21,22,23,24). The Kier molecular flexibility index (Phi) is 5.20. The molecule has 0 unspecified atom stereocenters. The van der Waals surface area contributed by atoms with E-state index in [0.29, 0.717) is 36.5 Å². The third-order valence-corrected chi connectivity index (χ3v) is 4.34. The number of aromatic nitrogens is 4. The first kappa shape index (κ1) is 18.6. The molecule has 1 aliphatic rings. The Morgan fingerprint density at radius 3 is 2.52 bits per heavy atom. The number of hydrogen-bond donors (Lipinski definition) is 3. The van der Waals surface area contributed by atoms with Crippen LogP contribution in [0.1, 0.15) is 5.69 Å². The highest BCUT2D eigenvalue weighted by Crippen LogP contribution is 2.24. The van der Waals surface area contributed by atoms with Crippen molar-refractivity contribution in [1.29, 1.82) is 0 Å². The number of aryl methyl sites for hydroxylation is 1. The van der Waals surface area contributed by atoms with Crippen LogP contribution in [0.25, 0.3) is 0 Å². The molecule has 1 aromatic carbocycles. The van der Waals surface area contributed by atoms with Crippen LogP contribution in [-0.2, 0) is 4.74 Å². The number of H-pyrrole nitrogens is 1. The highest BCUT2D eigenvalue weighted by Gasteiger charge is 2.16. The fourth-order valence-corrected chi connectivity index (χ4v) is 2.92. The van der Waals surface area contributed by atoms with Crippen molar-refractivity contribution in [1.82, 2.24) is 20.2 Å². The molecule has 29 heavy (non-hydrogen) atoms. The van der Waals surface area contributed by atoms with Gasteiger partial charge < -0.3 is 20.3 Å². The molecule has 0 atom stereocenters. The maximum absolute atomic E-state index is 10.8. The van der Waals surface area contributed by atoms with E-state index in [-0.39, 0.29) is 5.69 Å². The van der Waals surface area contributed by atoms with Crippen molar-refractivity contribution in [3.63, 3.8) is 0 Å². The Balaban J connectivity index is 1.61. The first-order chi connectivity index (χ1) is 14.1. The topological polar surface area (TPSA) is 134 Å². The van der Waals surface area contributed by atoms with Gasteiger partial charge in [0.1, 0.15) is 11.6 Å². The monoisotopic (exact) mass is 396 g/mol.